The first kappa shape index (κ1) is 20.2. The van der Waals surface area contributed by atoms with Crippen molar-refractivity contribution >= 4 is 23.4 Å². The summed E-state index contributed by atoms with van der Waals surface area (Å²) < 4.78 is 23.9. The Morgan fingerprint density at radius 2 is 2.03 bits per heavy atom. The molecule has 0 radical (unpaired) electrons. The molecule has 2 heterocycles. The molecule has 1 aromatic heterocycles. The Hall–Kier alpha value is -3.06. The van der Waals surface area contributed by atoms with Gasteiger partial charge in [0.05, 0.1) is 31.2 Å². The molecule has 0 bridgehead atoms. The summed E-state index contributed by atoms with van der Waals surface area (Å²) in [5.74, 6) is 0.464. The van der Waals surface area contributed by atoms with E-state index in [1.807, 2.05) is 6.07 Å². The lowest BCUT2D eigenvalue weighted by Crippen LogP contribution is -2.21. The fourth-order valence-electron chi connectivity index (χ4n) is 3.41. The summed E-state index contributed by atoms with van der Waals surface area (Å²) in [6, 6.07) is 14.2. The monoisotopic (exact) mass is 424 g/mol. The van der Waals surface area contributed by atoms with E-state index in [0.29, 0.717) is 24.4 Å². The molecule has 0 aliphatic carbocycles. The number of esters is 1. The average Bonchev–Trinajstić information content (AvgIpc) is 2.78. The molecule has 0 unspecified atom stereocenters. The van der Waals surface area contributed by atoms with Crippen LogP contribution in [0.1, 0.15) is 28.3 Å². The number of hydrogen-bond acceptors (Lipinski definition) is 6. The first-order valence-corrected chi connectivity index (χ1v) is 10.4. The van der Waals surface area contributed by atoms with Crippen molar-refractivity contribution in [1.82, 2.24) is 4.98 Å². The SMILES string of the molecule is COC(=O)c1ccncc1NC[C@@H]1CCOc2cc(Sc3ccc(F)cc3)ccc21. The molecule has 1 aliphatic heterocycles. The van der Waals surface area contributed by atoms with E-state index in [9.17, 15) is 9.18 Å². The summed E-state index contributed by atoms with van der Waals surface area (Å²) in [6.07, 6.45) is 4.08. The van der Waals surface area contributed by atoms with Gasteiger partial charge in [0.15, 0.2) is 0 Å². The highest BCUT2D eigenvalue weighted by Gasteiger charge is 2.22. The summed E-state index contributed by atoms with van der Waals surface area (Å²) in [6.45, 7) is 1.28. The number of carbonyl (C=O) groups is 1. The lowest BCUT2D eigenvalue weighted by atomic mass is 9.93. The molecule has 0 spiro atoms. The van der Waals surface area contributed by atoms with Gasteiger partial charge in [0.2, 0.25) is 0 Å². The van der Waals surface area contributed by atoms with E-state index < -0.39 is 5.97 Å². The molecule has 3 aromatic rings. The number of hydrogen-bond donors (Lipinski definition) is 1. The van der Waals surface area contributed by atoms with Crippen molar-refractivity contribution in [3.63, 3.8) is 0 Å². The molecule has 154 valence electrons. The van der Waals surface area contributed by atoms with E-state index >= 15 is 0 Å². The molecule has 7 heteroatoms. The van der Waals surface area contributed by atoms with Crippen molar-refractivity contribution in [2.75, 3.05) is 25.6 Å². The Morgan fingerprint density at radius 1 is 1.23 bits per heavy atom. The van der Waals surface area contributed by atoms with E-state index in [1.165, 1.54) is 19.2 Å². The number of ether oxygens (including phenoxy) is 2. The molecule has 4 rings (SSSR count). The van der Waals surface area contributed by atoms with Crippen LogP contribution in [-0.2, 0) is 4.74 Å². The van der Waals surface area contributed by atoms with Gasteiger partial charge in [0, 0.05) is 28.5 Å². The van der Waals surface area contributed by atoms with Crippen LogP contribution in [0, 0.1) is 5.82 Å². The fourth-order valence-corrected chi connectivity index (χ4v) is 4.26. The minimum absolute atomic E-state index is 0.240. The molecule has 0 saturated heterocycles. The minimum atomic E-state index is -0.394. The first-order chi connectivity index (χ1) is 14.6. The van der Waals surface area contributed by atoms with Gasteiger partial charge in [-0.15, -0.1) is 0 Å². The number of carbonyl (C=O) groups excluding carboxylic acids is 1. The number of methoxy groups -OCH3 is 1. The number of pyridine rings is 1. The Kier molecular flexibility index (Phi) is 6.18. The van der Waals surface area contributed by atoms with Crippen molar-refractivity contribution < 1.29 is 18.7 Å². The van der Waals surface area contributed by atoms with E-state index in [2.05, 4.69) is 22.4 Å². The average molecular weight is 424 g/mol. The van der Waals surface area contributed by atoms with Crippen molar-refractivity contribution in [2.24, 2.45) is 0 Å². The van der Waals surface area contributed by atoms with Crippen LogP contribution in [0.25, 0.3) is 0 Å². The summed E-state index contributed by atoms with van der Waals surface area (Å²) in [7, 11) is 1.36. The summed E-state index contributed by atoms with van der Waals surface area (Å²) in [5, 5.41) is 3.34. The molecule has 0 amide bonds. The Labute approximate surface area is 178 Å². The number of nitrogens with one attached hydrogen (secondary N) is 1. The third-order valence-corrected chi connectivity index (χ3v) is 5.96. The number of nitrogens with zero attached hydrogens (tertiary/aromatic N) is 1. The Balaban J connectivity index is 1.48. The fraction of sp³-hybridized carbons (Fsp3) is 0.217. The van der Waals surface area contributed by atoms with Crippen molar-refractivity contribution in [3.8, 4) is 5.75 Å². The van der Waals surface area contributed by atoms with Gasteiger partial charge in [-0.25, -0.2) is 9.18 Å². The van der Waals surface area contributed by atoms with Crippen LogP contribution in [0.15, 0.2) is 70.7 Å². The summed E-state index contributed by atoms with van der Waals surface area (Å²) in [5.41, 5.74) is 2.24. The van der Waals surface area contributed by atoms with E-state index in [4.69, 9.17) is 9.47 Å². The molecular formula is C23H21FN2O3S. The predicted molar refractivity (Wildman–Crippen MR) is 114 cm³/mol. The number of anilines is 1. The lowest BCUT2D eigenvalue weighted by molar-refractivity contribution is 0.0601. The van der Waals surface area contributed by atoms with Crippen LogP contribution < -0.4 is 10.1 Å². The number of rotatable bonds is 6. The third-order valence-electron chi connectivity index (χ3n) is 4.96. The van der Waals surface area contributed by atoms with Crippen molar-refractivity contribution in [3.05, 3.63) is 77.9 Å². The molecule has 1 atom stereocenters. The molecule has 1 N–H and O–H groups in total. The molecule has 0 fully saturated rings. The number of aromatic nitrogens is 1. The van der Waals surface area contributed by atoms with E-state index in [-0.39, 0.29) is 11.7 Å². The Bertz CT molecular complexity index is 1040. The maximum atomic E-state index is 13.1. The van der Waals surface area contributed by atoms with Gasteiger partial charge < -0.3 is 14.8 Å². The van der Waals surface area contributed by atoms with Gasteiger partial charge in [-0.3, -0.25) is 4.98 Å². The molecule has 0 saturated carbocycles. The highest BCUT2D eigenvalue weighted by atomic mass is 32.2. The Morgan fingerprint density at radius 3 is 2.83 bits per heavy atom. The molecule has 30 heavy (non-hydrogen) atoms. The van der Waals surface area contributed by atoms with Gasteiger partial charge in [0.25, 0.3) is 0 Å². The largest absolute Gasteiger partial charge is 0.493 e. The molecule has 5 nitrogen and oxygen atoms in total. The normalized spacial score (nSPS) is 15.1. The van der Waals surface area contributed by atoms with Gasteiger partial charge in [-0.2, -0.15) is 0 Å². The first-order valence-electron chi connectivity index (χ1n) is 9.60. The van der Waals surface area contributed by atoms with Gasteiger partial charge >= 0.3 is 5.97 Å². The third kappa shape index (κ3) is 4.57. The second-order valence-electron chi connectivity index (χ2n) is 6.88. The quantitative estimate of drug-likeness (QED) is 0.553. The number of benzene rings is 2. The maximum Gasteiger partial charge on any atom is 0.340 e. The number of fused-ring (bicyclic) bond motifs is 1. The van der Waals surface area contributed by atoms with E-state index in [0.717, 1.165) is 27.5 Å². The lowest BCUT2D eigenvalue weighted by Gasteiger charge is -2.27. The zero-order valence-corrected chi connectivity index (χ0v) is 17.2. The zero-order valence-electron chi connectivity index (χ0n) is 16.4. The van der Waals surface area contributed by atoms with Crippen molar-refractivity contribution in [1.29, 1.82) is 0 Å². The highest BCUT2D eigenvalue weighted by Crippen LogP contribution is 2.38. The second-order valence-corrected chi connectivity index (χ2v) is 8.03. The van der Waals surface area contributed by atoms with Crippen LogP contribution in [-0.4, -0.2) is 31.2 Å². The van der Waals surface area contributed by atoms with Crippen LogP contribution in [0.3, 0.4) is 0 Å². The number of halogens is 1. The van der Waals surface area contributed by atoms with Crippen molar-refractivity contribution in [2.45, 2.75) is 22.1 Å². The van der Waals surface area contributed by atoms with Crippen LogP contribution >= 0.6 is 11.8 Å². The topological polar surface area (TPSA) is 60.5 Å². The van der Waals surface area contributed by atoms with Gasteiger partial charge in [-0.05, 0) is 54.4 Å². The van der Waals surface area contributed by atoms with Crippen LogP contribution in [0.2, 0.25) is 0 Å². The summed E-state index contributed by atoms with van der Waals surface area (Å²) >= 11 is 1.57. The van der Waals surface area contributed by atoms with Gasteiger partial charge in [-0.1, -0.05) is 17.8 Å². The zero-order chi connectivity index (χ0) is 20.9. The van der Waals surface area contributed by atoms with Crippen LogP contribution in [0.4, 0.5) is 10.1 Å². The standard InChI is InChI=1S/C23H21FN2O3S/c1-28-23(27)20-8-10-25-14-21(20)26-13-15-9-11-29-22-12-18(6-7-19(15)22)30-17-4-2-16(24)3-5-17/h2-8,10,12,14-15,26H,9,11,13H2,1H3/t15-/m0/s1. The molecule has 2 aromatic carbocycles. The minimum Gasteiger partial charge on any atom is -0.493 e. The summed E-state index contributed by atoms with van der Waals surface area (Å²) in [4.78, 5) is 18.1. The molecule has 1 aliphatic rings. The second kappa shape index (κ2) is 9.17. The van der Waals surface area contributed by atoms with Gasteiger partial charge in [0.1, 0.15) is 11.6 Å². The van der Waals surface area contributed by atoms with E-state index in [1.54, 1.807) is 42.4 Å². The molecular weight excluding hydrogens is 403 g/mol. The smallest absolute Gasteiger partial charge is 0.340 e. The maximum absolute atomic E-state index is 13.1. The highest BCUT2D eigenvalue weighted by molar-refractivity contribution is 7.99. The van der Waals surface area contributed by atoms with Crippen LogP contribution in [0.5, 0.6) is 5.75 Å². The predicted octanol–water partition coefficient (Wildman–Crippen LogP) is 5.14.